The molecule has 1 amide bonds. The number of fused-ring (bicyclic) bond motifs is 1. The summed E-state index contributed by atoms with van der Waals surface area (Å²) in [5.41, 5.74) is 2.31. The van der Waals surface area contributed by atoms with Crippen LogP contribution in [0.25, 0.3) is 10.2 Å². The fourth-order valence-electron chi connectivity index (χ4n) is 4.28. The van der Waals surface area contributed by atoms with E-state index < -0.39 is 0 Å². The number of nitrogens with one attached hydrogen (secondary N) is 1. The summed E-state index contributed by atoms with van der Waals surface area (Å²) in [6.45, 7) is 11.3. The van der Waals surface area contributed by atoms with Crippen molar-refractivity contribution in [3.8, 4) is 0 Å². The molecule has 0 spiro atoms. The van der Waals surface area contributed by atoms with Crippen molar-refractivity contribution in [3.05, 3.63) is 63.0 Å². The topological polar surface area (TPSA) is 70.5 Å². The van der Waals surface area contributed by atoms with Crippen molar-refractivity contribution in [1.29, 1.82) is 0 Å². The quantitative estimate of drug-likeness (QED) is 0.490. The van der Waals surface area contributed by atoms with Crippen LogP contribution >= 0.6 is 11.3 Å². The van der Waals surface area contributed by atoms with Crippen molar-refractivity contribution in [2.24, 2.45) is 0 Å². The number of rotatable bonds is 9. The number of aryl methyl sites for hydroxylation is 3. The van der Waals surface area contributed by atoms with E-state index in [1.807, 2.05) is 13.8 Å². The van der Waals surface area contributed by atoms with E-state index in [1.54, 1.807) is 22.2 Å². The van der Waals surface area contributed by atoms with Crippen LogP contribution in [0.4, 0.5) is 0 Å². The molecular weight excluding hydrogens is 434 g/mol. The maximum atomic E-state index is 12.7. The van der Waals surface area contributed by atoms with Gasteiger partial charge in [-0.2, -0.15) is 0 Å². The molecule has 1 aromatic carbocycles. The van der Waals surface area contributed by atoms with E-state index in [9.17, 15) is 9.59 Å². The third-order valence-corrected chi connectivity index (χ3v) is 7.54. The third-order valence-electron chi connectivity index (χ3n) is 6.42. The number of thiophene rings is 1. The standard InChI is InChI=1S/C25H33N5O2S/c1-19-20(2)33-24-23(19)25(32)30(18-27-24)12-9-22(31)26-10-6-11-28-13-15-29(16-14-28)17-21-7-4-3-5-8-21/h3-5,7-8,18H,6,9-17H2,1-2H3,(H,26,31). The normalized spacial score (nSPS) is 15.2. The van der Waals surface area contributed by atoms with Crippen molar-refractivity contribution in [2.45, 2.75) is 39.8 Å². The third kappa shape index (κ3) is 6.07. The summed E-state index contributed by atoms with van der Waals surface area (Å²) >= 11 is 1.54. The van der Waals surface area contributed by atoms with Crippen LogP contribution in [0.5, 0.6) is 0 Å². The van der Waals surface area contributed by atoms with Crippen molar-refractivity contribution in [2.75, 3.05) is 39.3 Å². The molecule has 8 heteroatoms. The first-order chi connectivity index (χ1) is 16.0. The van der Waals surface area contributed by atoms with Gasteiger partial charge in [0.05, 0.1) is 11.7 Å². The van der Waals surface area contributed by atoms with E-state index in [1.165, 1.54) is 5.56 Å². The Balaban J connectivity index is 1.13. The zero-order chi connectivity index (χ0) is 23.2. The summed E-state index contributed by atoms with van der Waals surface area (Å²) in [6, 6.07) is 10.6. The number of nitrogens with zero attached hydrogens (tertiary/aromatic N) is 4. The average Bonchev–Trinajstić information content (AvgIpc) is 3.12. The molecule has 0 aliphatic carbocycles. The zero-order valence-corrected chi connectivity index (χ0v) is 20.4. The molecule has 1 aliphatic heterocycles. The Morgan fingerprint density at radius 2 is 1.79 bits per heavy atom. The van der Waals surface area contributed by atoms with Crippen LogP contribution < -0.4 is 10.9 Å². The molecule has 0 radical (unpaired) electrons. The number of benzene rings is 1. The molecule has 4 rings (SSSR count). The van der Waals surface area contributed by atoms with E-state index >= 15 is 0 Å². The summed E-state index contributed by atoms with van der Waals surface area (Å²) in [6.07, 6.45) is 2.78. The summed E-state index contributed by atoms with van der Waals surface area (Å²) in [7, 11) is 0. The Hall–Kier alpha value is -2.55. The highest BCUT2D eigenvalue weighted by atomic mass is 32.1. The molecule has 2 aromatic heterocycles. The second-order valence-electron chi connectivity index (χ2n) is 8.76. The summed E-state index contributed by atoms with van der Waals surface area (Å²) in [4.78, 5) is 36.2. The van der Waals surface area contributed by atoms with Gasteiger partial charge in [-0.05, 0) is 37.9 Å². The Kier molecular flexibility index (Phi) is 7.90. The number of amides is 1. The van der Waals surface area contributed by atoms with Gasteiger partial charge in [0, 0.05) is 57.1 Å². The van der Waals surface area contributed by atoms with Gasteiger partial charge in [-0.1, -0.05) is 30.3 Å². The SMILES string of the molecule is Cc1sc2ncn(CCC(=O)NCCCN3CCN(Cc4ccccc4)CC3)c(=O)c2c1C. The lowest BCUT2D eigenvalue weighted by molar-refractivity contribution is -0.121. The molecular formula is C25H33N5O2S. The first-order valence-corrected chi connectivity index (χ1v) is 12.5. The van der Waals surface area contributed by atoms with E-state index in [2.05, 4.69) is 50.4 Å². The maximum absolute atomic E-state index is 12.7. The second kappa shape index (κ2) is 11.0. The van der Waals surface area contributed by atoms with Crippen LogP contribution in [0.15, 0.2) is 41.5 Å². The number of piperazine rings is 1. The number of carbonyl (C=O) groups is 1. The van der Waals surface area contributed by atoms with Gasteiger partial charge in [0.25, 0.3) is 5.56 Å². The molecule has 3 heterocycles. The smallest absolute Gasteiger partial charge is 0.262 e. The highest BCUT2D eigenvalue weighted by Crippen LogP contribution is 2.25. The minimum absolute atomic E-state index is 0.0205. The van der Waals surface area contributed by atoms with Crippen LogP contribution in [-0.4, -0.2) is 64.5 Å². The van der Waals surface area contributed by atoms with Crippen molar-refractivity contribution >= 4 is 27.5 Å². The van der Waals surface area contributed by atoms with Gasteiger partial charge in [-0.15, -0.1) is 11.3 Å². The first-order valence-electron chi connectivity index (χ1n) is 11.7. The van der Waals surface area contributed by atoms with Gasteiger partial charge in [0.2, 0.25) is 5.91 Å². The molecule has 176 valence electrons. The fraction of sp³-hybridized carbons (Fsp3) is 0.480. The van der Waals surface area contributed by atoms with Gasteiger partial charge in [0.1, 0.15) is 4.83 Å². The Morgan fingerprint density at radius 3 is 2.55 bits per heavy atom. The molecule has 33 heavy (non-hydrogen) atoms. The van der Waals surface area contributed by atoms with Crippen molar-refractivity contribution in [3.63, 3.8) is 0 Å². The first kappa shape index (κ1) is 23.6. The molecule has 0 saturated carbocycles. The minimum atomic E-state index is -0.0546. The van der Waals surface area contributed by atoms with Crippen LogP contribution in [0.1, 0.15) is 28.8 Å². The second-order valence-corrected chi connectivity index (χ2v) is 9.97. The highest BCUT2D eigenvalue weighted by Gasteiger charge is 2.17. The number of carbonyl (C=O) groups excluding carboxylic acids is 1. The Labute approximate surface area is 199 Å². The number of hydrogen-bond acceptors (Lipinski definition) is 6. The molecule has 0 atom stereocenters. The van der Waals surface area contributed by atoms with E-state index in [0.29, 0.717) is 18.5 Å². The zero-order valence-electron chi connectivity index (χ0n) is 19.5. The molecule has 1 saturated heterocycles. The largest absolute Gasteiger partial charge is 0.356 e. The van der Waals surface area contributed by atoms with Gasteiger partial charge < -0.3 is 10.2 Å². The molecule has 0 bridgehead atoms. The molecule has 1 fully saturated rings. The molecule has 1 N–H and O–H groups in total. The molecule has 0 unspecified atom stereocenters. The summed E-state index contributed by atoms with van der Waals surface area (Å²) in [5.74, 6) is -0.0205. The Morgan fingerprint density at radius 1 is 1.06 bits per heavy atom. The van der Waals surface area contributed by atoms with E-state index in [-0.39, 0.29) is 17.9 Å². The summed E-state index contributed by atoms with van der Waals surface area (Å²) in [5, 5.41) is 3.68. The molecule has 1 aliphatic rings. The average molecular weight is 468 g/mol. The fourth-order valence-corrected chi connectivity index (χ4v) is 5.27. The number of aromatic nitrogens is 2. The van der Waals surface area contributed by atoms with Crippen LogP contribution in [0, 0.1) is 13.8 Å². The van der Waals surface area contributed by atoms with Gasteiger partial charge in [-0.3, -0.25) is 19.1 Å². The molecule has 3 aromatic rings. The van der Waals surface area contributed by atoms with Gasteiger partial charge >= 0.3 is 0 Å². The van der Waals surface area contributed by atoms with E-state index in [4.69, 9.17) is 0 Å². The predicted octanol–water partition coefficient (Wildman–Crippen LogP) is 2.79. The van der Waals surface area contributed by atoms with Crippen LogP contribution in [0.2, 0.25) is 0 Å². The summed E-state index contributed by atoms with van der Waals surface area (Å²) < 4.78 is 1.55. The lowest BCUT2D eigenvalue weighted by Crippen LogP contribution is -2.46. The molecule has 7 nitrogen and oxygen atoms in total. The lowest BCUT2D eigenvalue weighted by atomic mass is 10.2. The highest BCUT2D eigenvalue weighted by molar-refractivity contribution is 7.18. The lowest BCUT2D eigenvalue weighted by Gasteiger charge is -2.34. The number of hydrogen-bond donors (Lipinski definition) is 1. The van der Waals surface area contributed by atoms with Gasteiger partial charge in [0.15, 0.2) is 0 Å². The Bertz CT molecular complexity index is 1130. The predicted molar refractivity (Wildman–Crippen MR) is 134 cm³/mol. The van der Waals surface area contributed by atoms with Gasteiger partial charge in [-0.25, -0.2) is 4.98 Å². The monoisotopic (exact) mass is 467 g/mol. The van der Waals surface area contributed by atoms with Crippen molar-refractivity contribution in [1.82, 2.24) is 24.7 Å². The van der Waals surface area contributed by atoms with E-state index in [0.717, 1.165) is 61.0 Å². The van der Waals surface area contributed by atoms with Crippen LogP contribution in [0.3, 0.4) is 0 Å². The maximum Gasteiger partial charge on any atom is 0.262 e. The van der Waals surface area contributed by atoms with Crippen LogP contribution in [-0.2, 0) is 17.9 Å². The minimum Gasteiger partial charge on any atom is -0.356 e. The van der Waals surface area contributed by atoms with Crippen molar-refractivity contribution < 1.29 is 4.79 Å².